The first kappa shape index (κ1) is 59.3. The van der Waals surface area contributed by atoms with Crippen molar-refractivity contribution in [2.24, 2.45) is 17.8 Å². The summed E-state index contributed by atoms with van der Waals surface area (Å²) in [6.45, 7) is 4.93. The zero-order valence-corrected chi connectivity index (χ0v) is 34.4. The zero-order chi connectivity index (χ0) is 47.7. The molecule has 0 saturated carbocycles. The van der Waals surface area contributed by atoms with Crippen molar-refractivity contribution in [2.45, 2.75) is 114 Å². The van der Waals surface area contributed by atoms with Crippen LogP contribution in [0.4, 0.5) is 57.1 Å². The Bertz CT molecular complexity index is 1260. The number of carboxylic acids is 1. The first-order valence-corrected chi connectivity index (χ1v) is 19.8. The highest BCUT2D eigenvalue weighted by molar-refractivity contribution is 5.77. The first-order chi connectivity index (χ1) is 28.8. The van der Waals surface area contributed by atoms with E-state index < -0.39 is 97.3 Å². The van der Waals surface area contributed by atoms with Crippen LogP contribution in [0.25, 0.3) is 0 Å². The Morgan fingerprint density at radius 3 is 1.23 bits per heavy atom. The maximum atomic E-state index is 14.1. The van der Waals surface area contributed by atoms with Crippen molar-refractivity contribution in [3.8, 4) is 0 Å². The van der Waals surface area contributed by atoms with Crippen LogP contribution in [0, 0.1) is 17.8 Å². The molecule has 0 aliphatic heterocycles. The molecule has 62 heavy (non-hydrogen) atoms. The zero-order valence-electron chi connectivity index (χ0n) is 34.4. The normalized spacial score (nSPS) is 14.7. The topological polar surface area (TPSA) is 156 Å². The van der Waals surface area contributed by atoms with Gasteiger partial charge in [0.05, 0.1) is 37.4 Å². The van der Waals surface area contributed by atoms with E-state index in [0.29, 0.717) is 78.7 Å². The van der Waals surface area contributed by atoms with Crippen LogP contribution >= 0.6 is 0 Å². The van der Waals surface area contributed by atoms with E-state index in [9.17, 15) is 76.6 Å². The monoisotopic (exact) mass is 940 g/mol. The van der Waals surface area contributed by atoms with Gasteiger partial charge in [0, 0.05) is 79.1 Å². The van der Waals surface area contributed by atoms with Gasteiger partial charge in [0.25, 0.3) is 0 Å². The molecule has 0 aliphatic rings. The number of hydrogen-bond donors (Lipinski definition) is 2. The lowest BCUT2D eigenvalue weighted by atomic mass is 9.86. The number of carbonyl (C=O) groups excluding carboxylic acids is 2. The second-order valence-corrected chi connectivity index (χ2v) is 14.0. The van der Waals surface area contributed by atoms with E-state index in [1.54, 1.807) is 0 Å². The SMILES string of the molecule is CCC(CC(CC(C)C(=O)OCCC(F)(F)C(F)(F)C(F)(F)C(F)(F)C(F)(F)C(F)(F)F)C(=O)OCCCOCCCOCCCOCCCOCCCOCCCO)C(=O)O. The second-order valence-electron chi connectivity index (χ2n) is 14.0. The lowest BCUT2D eigenvalue weighted by molar-refractivity contribution is -0.440. The van der Waals surface area contributed by atoms with Gasteiger partial charge in [0.2, 0.25) is 0 Å². The molecule has 0 aliphatic carbocycles. The Labute approximate surface area is 350 Å². The average Bonchev–Trinajstić information content (AvgIpc) is 3.18. The second kappa shape index (κ2) is 28.9. The number of aliphatic carboxylic acids is 1. The Kier molecular flexibility index (Phi) is 27.6. The minimum atomic E-state index is -8.07. The first-order valence-electron chi connectivity index (χ1n) is 19.8. The minimum absolute atomic E-state index is 0.00698. The van der Waals surface area contributed by atoms with Gasteiger partial charge in [-0.25, -0.2) is 0 Å². The third-order valence-corrected chi connectivity index (χ3v) is 8.88. The van der Waals surface area contributed by atoms with Crippen LogP contribution < -0.4 is 0 Å². The Balaban J connectivity index is 4.70. The highest BCUT2D eigenvalue weighted by atomic mass is 19.4. The van der Waals surface area contributed by atoms with Crippen LogP contribution in [0.1, 0.15) is 78.1 Å². The maximum Gasteiger partial charge on any atom is 0.460 e. The van der Waals surface area contributed by atoms with Gasteiger partial charge < -0.3 is 43.4 Å². The summed E-state index contributed by atoms with van der Waals surface area (Å²) in [5, 5.41) is 18.1. The van der Waals surface area contributed by atoms with Crippen LogP contribution in [0.15, 0.2) is 0 Å². The molecule has 0 fully saturated rings. The van der Waals surface area contributed by atoms with Crippen molar-refractivity contribution in [3.05, 3.63) is 0 Å². The summed E-state index contributed by atoms with van der Waals surface area (Å²) in [6, 6.07) is 0. The van der Waals surface area contributed by atoms with E-state index in [1.807, 2.05) is 0 Å². The molecule has 0 aromatic heterocycles. The highest BCUT2D eigenvalue weighted by Crippen LogP contribution is 2.60. The molecular weight excluding hydrogens is 883 g/mol. The highest BCUT2D eigenvalue weighted by Gasteiger charge is 2.90. The van der Waals surface area contributed by atoms with Crippen molar-refractivity contribution in [1.29, 1.82) is 0 Å². The van der Waals surface area contributed by atoms with Gasteiger partial charge in [-0.05, 0) is 51.4 Å². The number of aliphatic hydroxyl groups is 1. The van der Waals surface area contributed by atoms with Crippen molar-refractivity contribution < 1.29 is 115 Å². The molecule has 12 nitrogen and oxygen atoms in total. The summed E-state index contributed by atoms with van der Waals surface area (Å²) >= 11 is 0. The van der Waals surface area contributed by atoms with Gasteiger partial charge >= 0.3 is 53.7 Å². The van der Waals surface area contributed by atoms with Crippen molar-refractivity contribution in [3.63, 3.8) is 0 Å². The van der Waals surface area contributed by atoms with Gasteiger partial charge in [0.1, 0.15) is 0 Å². The molecule has 3 unspecified atom stereocenters. The number of ether oxygens (including phenoxy) is 7. The number of carboxylic acid groups (broad SMARTS) is 1. The largest absolute Gasteiger partial charge is 0.481 e. The number of halogens is 13. The van der Waals surface area contributed by atoms with E-state index >= 15 is 0 Å². The van der Waals surface area contributed by atoms with E-state index in [-0.39, 0.29) is 32.7 Å². The molecule has 0 bridgehead atoms. The summed E-state index contributed by atoms with van der Waals surface area (Å²) in [4.78, 5) is 36.9. The standard InChI is InChI=1S/C37H57F13O12/c1-3-27(29(52)53)25-28(24-26(2)30(54)62-23-10-32(38,39)33(40,41)34(42,43)35(44,45)36(46,47)37(48,49)50)31(55)61-22-9-21-60-20-8-19-59-18-7-17-58-16-6-15-57-14-5-13-56-12-4-11-51/h26-28,51H,3-25H2,1-2H3,(H,52,53). The number of aliphatic hydroxyl groups excluding tert-OH is 1. The van der Waals surface area contributed by atoms with Crippen LogP contribution in [0.2, 0.25) is 0 Å². The molecule has 0 amide bonds. The Morgan fingerprint density at radius 1 is 0.484 bits per heavy atom. The van der Waals surface area contributed by atoms with Gasteiger partial charge in [-0.1, -0.05) is 13.8 Å². The molecular formula is C37H57F13O12. The average molecular weight is 941 g/mol. The Morgan fingerprint density at radius 2 is 0.855 bits per heavy atom. The van der Waals surface area contributed by atoms with Crippen molar-refractivity contribution in [1.82, 2.24) is 0 Å². The van der Waals surface area contributed by atoms with E-state index in [2.05, 4.69) is 4.74 Å². The molecule has 0 aromatic carbocycles. The maximum absolute atomic E-state index is 14.1. The lowest BCUT2D eigenvalue weighted by Gasteiger charge is -2.39. The lowest BCUT2D eigenvalue weighted by Crippen LogP contribution is -2.70. The Hall–Kier alpha value is -2.74. The summed E-state index contributed by atoms with van der Waals surface area (Å²) < 4.78 is 210. The molecule has 0 radical (unpaired) electrons. The van der Waals surface area contributed by atoms with Crippen LogP contribution in [-0.4, -0.2) is 150 Å². The number of hydrogen-bond acceptors (Lipinski definition) is 11. The van der Waals surface area contributed by atoms with Gasteiger partial charge in [-0.2, -0.15) is 57.1 Å². The fraction of sp³-hybridized carbons (Fsp3) is 0.919. The quantitative estimate of drug-likeness (QED) is 0.0353. The summed E-state index contributed by atoms with van der Waals surface area (Å²) in [6.07, 6.45) is -7.82. The molecule has 2 N–H and O–H groups in total. The smallest absolute Gasteiger partial charge is 0.460 e. The van der Waals surface area contributed by atoms with Crippen LogP contribution in [0.3, 0.4) is 0 Å². The molecule has 0 spiro atoms. The summed E-state index contributed by atoms with van der Waals surface area (Å²) in [5.74, 6) is -45.9. The predicted octanol–water partition coefficient (Wildman–Crippen LogP) is 7.76. The fourth-order valence-electron chi connectivity index (χ4n) is 5.16. The molecule has 25 heteroatoms. The third-order valence-electron chi connectivity index (χ3n) is 8.88. The molecule has 368 valence electrons. The summed E-state index contributed by atoms with van der Waals surface area (Å²) in [5.41, 5.74) is 0. The molecule has 0 saturated heterocycles. The molecule has 0 aromatic rings. The number of carbonyl (C=O) groups is 3. The van der Waals surface area contributed by atoms with E-state index in [1.165, 1.54) is 6.92 Å². The van der Waals surface area contributed by atoms with E-state index in [0.717, 1.165) is 19.8 Å². The molecule has 0 heterocycles. The van der Waals surface area contributed by atoms with E-state index in [4.69, 9.17) is 33.5 Å². The predicted molar refractivity (Wildman–Crippen MR) is 190 cm³/mol. The molecule has 3 atom stereocenters. The number of esters is 2. The van der Waals surface area contributed by atoms with Gasteiger partial charge in [-0.15, -0.1) is 0 Å². The van der Waals surface area contributed by atoms with Crippen molar-refractivity contribution >= 4 is 17.9 Å². The van der Waals surface area contributed by atoms with Crippen LogP contribution in [-0.2, 0) is 47.5 Å². The number of alkyl halides is 13. The van der Waals surface area contributed by atoms with Crippen LogP contribution in [0.5, 0.6) is 0 Å². The van der Waals surface area contributed by atoms with Crippen molar-refractivity contribution in [2.75, 3.05) is 85.9 Å². The molecule has 0 rings (SSSR count). The third kappa shape index (κ3) is 19.6. The number of rotatable bonds is 38. The summed E-state index contributed by atoms with van der Waals surface area (Å²) in [7, 11) is 0. The minimum Gasteiger partial charge on any atom is -0.481 e. The fourth-order valence-corrected chi connectivity index (χ4v) is 5.16. The van der Waals surface area contributed by atoms with Gasteiger partial charge in [-0.3, -0.25) is 14.4 Å². The van der Waals surface area contributed by atoms with Gasteiger partial charge in [0.15, 0.2) is 0 Å².